The van der Waals surface area contributed by atoms with Gasteiger partial charge in [-0.15, -0.1) is 0 Å². The van der Waals surface area contributed by atoms with Crippen LogP contribution in [0.3, 0.4) is 0 Å². The van der Waals surface area contributed by atoms with E-state index in [0.29, 0.717) is 11.1 Å². The Hall–Kier alpha value is -2.55. The Morgan fingerprint density at radius 2 is 1.90 bits per heavy atom. The molecule has 3 heteroatoms. The number of fused-ring (bicyclic) bond motifs is 1. The molecule has 0 unspecified atom stereocenters. The summed E-state index contributed by atoms with van der Waals surface area (Å²) in [6.07, 6.45) is 3.31. The average molecular weight is 262 g/mol. The summed E-state index contributed by atoms with van der Waals surface area (Å²) in [5, 5.41) is 0.975. The highest BCUT2D eigenvalue weighted by Gasteiger charge is 2.12. The van der Waals surface area contributed by atoms with E-state index in [-0.39, 0.29) is 5.78 Å². The number of ketones is 1. The van der Waals surface area contributed by atoms with E-state index in [2.05, 4.69) is 9.97 Å². The van der Waals surface area contributed by atoms with Crippen LogP contribution in [0.25, 0.3) is 10.9 Å². The maximum atomic E-state index is 12.5. The van der Waals surface area contributed by atoms with E-state index in [9.17, 15) is 4.79 Å². The first-order valence-electron chi connectivity index (χ1n) is 6.48. The van der Waals surface area contributed by atoms with Crippen molar-refractivity contribution in [3.8, 4) is 0 Å². The van der Waals surface area contributed by atoms with Crippen molar-refractivity contribution in [1.29, 1.82) is 0 Å². The van der Waals surface area contributed by atoms with Gasteiger partial charge in [0.2, 0.25) is 0 Å². The summed E-state index contributed by atoms with van der Waals surface area (Å²) < 4.78 is 0. The second-order valence-corrected chi connectivity index (χ2v) is 4.88. The van der Waals surface area contributed by atoms with Crippen LogP contribution in [0.5, 0.6) is 0 Å². The first kappa shape index (κ1) is 12.5. The third-order valence-electron chi connectivity index (χ3n) is 3.37. The molecule has 0 N–H and O–H groups in total. The van der Waals surface area contributed by atoms with Gasteiger partial charge in [-0.1, -0.05) is 6.07 Å². The molecule has 0 fully saturated rings. The van der Waals surface area contributed by atoms with Crippen LogP contribution in [0.1, 0.15) is 27.2 Å². The lowest BCUT2D eigenvalue weighted by Gasteiger charge is -2.05. The van der Waals surface area contributed by atoms with Gasteiger partial charge in [-0.05, 0) is 49.7 Å². The van der Waals surface area contributed by atoms with Gasteiger partial charge in [0, 0.05) is 34.6 Å². The molecule has 0 spiro atoms. The van der Waals surface area contributed by atoms with Crippen LogP contribution in [0.15, 0.2) is 48.8 Å². The lowest BCUT2D eigenvalue weighted by Crippen LogP contribution is -2.04. The third kappa shape index (κ3) is 2.18. The lowest BCUT2D eigenvalue weighted by atomic mass is 10.00. The summed E-state index contributed by atoms with van der Waals surface area (Å²) in [4.78, 5) is 21.0. The molecule has 98 valence electrons. The predicted octanol–water partition coefficient (Wildman–Crippen LogP) is 3.48. The van der Waals surface area contributed by atoms with Crippen molar-refractivity contribution >= 4 is 16.7 Å². The molecule has 3 nitrogen and oxygen atoms in total. The normalized spacial score (nSPS) is 10.7. The summed E-state index contributed by atoms with van der Waals surface area (Å²) in [5.74, 6) is -0.00178. The molecule has 0 saturated heterocycles. The number of hydrogen-bond acceptors (Lipinski definition) is 3. The topological polar surface area (TPSA) is 42.9 Å². The molecule has 20 heavy (non-hydrogen) atoms. The van der Waals surface area contributed by atoms with Crippen LogP contribution in [0.2, 0.25) is 0 Å². The molecule has 0 aliphatic heterocycles. The van der Waals surface area contributed by atoms with E-state index in [1.165, 1.54) is 0 Å². The molecular formula is C17H14N2O. The molecule has 3 aromatic rings. The molecule has 0 bridgehead atoms. The molecule has 0 amide bonds. The van der Waals surface area contributed by atoms with Crippen molar-refractivity contribution in [2.45, 2.75) is 13.8 Å². The molecule has 0 radical (unpaired) electrons. The zero-order chi connectivity index (χ0) is 14.1. The highest BCUT2D eigenvalue weighted by atomic mass is 16.1. The van der Waals surface area contributed by atoms with E-state index >= 15 is 0 Å². The fraction of sp³-hybridized carbons (Fsp3) is 0.118. The Bertz CT molecular complexity index is 809. The van der Waals surface area contributed by atoms with Gasteiger partial charge in [-0.3, -0.25) is 14.8 Å². The van der Waals surface area contributed by atoms with Gasteiger partial charge in [0.15, 0.2) is 5.78 Å². The number of carbonyl (C=O) groups is 1. The second-order valence-electron chi connectivity index (χ2n) is 4.88. The highest BCUT2D eigenvalue weighted by Crippen LogP contribution is 2.18. The van der Waals surface area contributed by atoms with Crippen LogP contribution in [0, 0.1) is 13.8 Å². The highest BCUT2D eigenvalue weighted by molar-refractivity contribution is 6.11. The Morgan fingerprint density at radius 3 is 2.70 bits per heavy atom. The molecule has 0 atom stereocenters. The summed E-state index contributed by atoms with van der Waals surface area (Å²) in [7, 11) is 0. The summed E-state index contributed by atoms with van der Waals surface area (Å²) >= 11 is 0. The minimum absolute atomic E-state index is 0.00178. The fourth-order valence-electron chi connectivity index (χ4n) is 2.23. The monoisotopic (exact) mass is 262 g/mol. The minimum atomic E-state index is -0.00178. The largest absolute Gasteiger partial charge is 0.289 e. The van der Waals surface area contributed by atoms with E-state index in [1.807, 2.05) is 50.2 Å². The molecule has 2 aromatic heterocycles. The predicted molar refractivity (Wildman–Crippen MR) is 78.9 cm³/mol. The van der Waals surface area contributed by atoms with Crippen LogP contribution in [0.4, 0.5) is 0 Å². The van der Waals surface area contributed by atoms with Crippen molar-refractivity contribution < 1.29 is 4.79 Å². The maximum Gasteiger partial charge on any atom is 0.194 e. The zero-order valence-electron chi connectivity index (χ0n) is 11.4. The maximum absolute atomic E-state index is 12.5. The molecule has 0 aliphatic carbocycles. The van der Waals surface area contributed by atoms with Crippen molar-refractivity contribution in [3.05, 3.63) is 71.2 Å². The van der Waals surface area contributed by atoms with Crippen molar-refractivity contribution in [2.75, 3.05) is 0 Å². The number of pyridine rings is 2. The first-order chi connectivity index (χ1) is 9.65. The Morgan fingerprint density at radius 1 is 1.05 bits per heavy atom. The van der Waals surface area contributed by atoms with Gasteiger partial charge in [0.05, 0.1) is 5.52 Å². The average Bonchev–Trinajstić information content (AvgIpc) is 2.46. The van der Waals surface area contributed by atoms with E-state index in [0.717, 1.165) is 22.2 Å². The van der Waals surface area contributed by atoms with Gasteiger partial charge in [0.25, 0.3) is 0 Å². The van der Waals surface area contributed by atoms with E-state index in [4.69, 9.17) is 0 Å². The van der Waals surface area contributed by atoms with Crippen LogP contribution in [-0.2, 0) is 0 Å². The second kappa shape index (κ2) is 4.85. The molecule has 2 heterocycles. The van der Waals surface area contributed by atoms with E-state index < -0.39 is 0 Å². The Kier molecular flexibility index (Phi) is 3.03. The summed E-state index contributed by atoms with van der Waals surface area (Å²) in [5.41, 5.74) is 4.13. The summed E-state index contributed by atoms with van der Waals surface area (Å²) in [6, 6.07) is 11.4. The van der Waals surface area contributed by atoms with Crippen molar-refractivity contribution in [1.82, 2.24) is 9.97 Å². The quantitative estimate of drug-likeness (QED) is 0.664. The van der Waals surface area contributed by atoms with Crippen molar-refractivity contribution in [3.63, 3.8) is 0 Å². The standard InChI is InChI=1S/C17H14N2O/c1-11-7-8-18-10-15(11)17(20)14-5-6-16-13(9-14)4-3-12(2)19-16/h3-10H,1-2H3. The third-order valence-corrected chi connectivity index (χ3v) is 3.37. The van der Waals surface area contributed by atoms with E-state index in [1.54, 1.807) is 12.4 Å². The summed E-state index contributed by atoms with van der Waals surface area (Å²) in [6.45, 7) is 3.87. The number of nitrogens with zero attached hydrogens (tertiary/aromatic N) is 2. The molecule has 1 aromatic carbocycles. The number of carbonyl (C=O) groups excluding carboxylic acids is 1. The smallest absolute Gasteiger partial charge is 0.194 e. The van der Waals surface area contributed by atoms with Crippen LogP contribution >= 0.6 is 0 Å². The zero-order valence-corrected chi connectivity index (χ0v) is 11.4. The van der Waals surface area contributed by atoms with Gasteiger partial charge in [0.1, 0.15) is 0 Å². The molecule has 0 saturated carbocycles. The number of benzene rings is 1. The minimum Gasteiger partial charge on any atom is -0.289 e. The van der Waals surface area contributed by atoms with Crippen LogP contribution < -0.4 is 0 Å². The Balaban J connectivity index is 2.09. The van der Waals surface area contributed by atoms with Crippen LogP contribution in [-0.4, -0.2) is 15.8 Å². The molecular weight excluding hydrogens is 248 g/mol. The number of aryl methyl sites for hydroxylation is 2. The lowest BCUT2D eigenvalue weighted by molar-refractivity contribution is 0.103. The number of aromatic nitrogens is 2. The van der Waals surface area contributed by atoms with Gasteiger partial charge in [-0.2, -0.15) is 0 Å². The number of rotatable bonds is 2. The molecule has 3 rings (SSSR count). The molecule has 0 aliphatic rings. The SMILES string of the molecule is Cc1ccc2cc(C(=O)c3cnccc3C)ccc2n1. The van der Waals surface area contributed by atoms with Gasteiger partial charge < -0.3 is 0 Å². The first-order valence-corrected chi connectivity index (χ1v) is 6.48. The fourth-order valence-corrected chi connectivity index (χ4v) is 2.23. The Labute approximate surface area is 117 Å². The number of hydrogen-bond donors (Lipinski definition) is 0. The van der Waals surface area contributed by atoms with Crippen molar-refractivity contribution in [2.24, 2.45) is 0 Å². The van der Waals surface area contributed by atoms with Gasteiger partial charge in [-0.25, -0.2) is 0 Å². The van der Waals surface area contributed by atoms with Gasteiger partial charge >= 0.3 is 0 Å².